The Morgan fingerprint density at radius 3 is 2.58 bits per heavy atom. The van der Waals surface area contributed by atoms with Crippen molar-refractivity contribution >= 4 is 21.9 Å². The van der Waals surface area contributed by atoms with Crippen LogP contribution >= 0.6 is 15.9 Å². The van der Waals surface area contributed by atoms with Gasteiger partial charge in [-0.25, -0.2) is 0 Å². The zero-order valence-corrected chi connectivity index (χ0v) is 12.9. The van der Waals surface area contributed by atoms with E-state index >= 15 is 0 Å². The molecule has 1 rings (SSSR count). The monoisotopic (exact) mass is 328 g/mol. The minimum atomic E-state index is -0.136. The number of aliphatic hydroxyl groups excluding tert-OH is 1. The predicted octanol–water partition coefficient (Wildman–Crippen LogP) is 3.33. The number of benzene rings is 1. The van der Waals surface area contributed by atoms with Crippen molar-refractivity contribution in [3.8, 4) is 0 Å². The summed E-state index contributed by atoms with van der Waals surface area (Å²) in [7, 11) is 0. The maximum Gasteiger partial charge on any atom is 0.309 e. The van der Waals surface area contributed by atoms with Crippen LogP contribution in [0.3, 0.4) is 0 Å². The highest BCUT2D eigenvalue weighted by Gasteiger charge is 2.19. The molecular formula is C15H21BrO3. The molecule has 0 spiro atoms. The van der Waals surface area contributed by atoms with Crippen molar-refractivity contribution in [2.45, 2.75) is 32.6 Å². The smallest absolute Gasteiger partial charge is 0.309 e. The van der Waals surface area contributed by atoms with Crippen molar-refractivity contribution in [1.29, 1.82) is 0 Å². The Hall–Kier alpha value is -0.870. The summed E-state index contributed by atoms with van der Waals surface area (Å²) in [5.41, 5.74) is 1.13. The number of aliphatic hydroxyl groups is 1. The van der Waals surface area contributed by atoms with Gasteiger partial charge in [0.1, 0.15) is 0 Å². The van der Waals surface area contributed by atoms with E-state index in [0.29, 0.717) is 13.0 Å². The highest BCUT2D eigenvalue weighted by Crippen LogP contribution is 2.19. The molecule has 1 aromatic rings. The first-order chi connectivity index (χ1) is 9.17. The molecule has 0 fully saturated rings. The minimum absolute atomic E-state index is 0.118. The first-order valence-corrected chi connectivity index (χ1v) is 7.48. The number of hydrogen-bond donors (Lipinski definition) is 1. The van der Waals surface area contributed by atoms with Crippen molar-refractivity contribution < 1.29 is 14.6 Å². The molecule has 0 bridgehead atoms. The summed E-state index contributed by atoms with van der Waals surface area (Å²) in [6.45, 7) is 2.41. The summed E-state index contributed by atoms with van der Waals surface area (Å²) < 4.78 is 6.15. The Morgan fingerprint density at radius 2 is 2.00 bits per heavy atom. The number of ether oxygens (including phenoxy) is 1. The molecule has 0 aliphatic heterocycles. The zero-order chi connectivity index (χ0) is 14.1. The fourth-order valence-corrected chi connectivity index (χ4v) is 2.24. The molecular weight excluding hydrogens is 308 g/mol. The van der Waals surface area contributed by atoms with Gasteiger partial charge in [-0.2, -0.15) is 0 Å². The normalized spacial score (nSPS) is 12.2. The van der Waals surface area contributed by atoms with Crippen LogP contribution in [0.2, 0.25) is 0 Å². The first-order valence-electron chi connectivity index (χ1n) is 6.69. The lowest BCUT2D eigenvalue weighted by molar-refractivity contribution is -0.148. The molecule has 1 unspecified atom stereocenters. The van der Waals surface area contributed by atoms with Crippen molar-refractivity contribution in [3.63, 3.8) is 0 Å². The summed E-state index contributed by atoms with van der Waals surface area (Å²) in [6.07, 6.45) is 3.03. The SMILES string of the molecule is CCOC(=O)C(CCCCO)Cc1ccc(Br)cc1. The molecule has 0 aliphatic rings. The summed E-state index contributed by atoms with van der Waals surface area (Å²) in [4.78, 5) is 11.9. The van der Waals surface area contributed by atoms with Crippen LogP contribution in [0.15, 0.2) is 28.7 Å². The van der Waals surface area contributed by atoms with Crippen LogP contribution < -0.4 is 0 Å². The van der Waals surface area contributed by atoms with Crippen LogP contribution in [0.25, 0.3) is 0 Å². The van der Waals surface area contributed by atoms with Gasteiger partial charge in [-0.05, 0) is 43.9 Å². The van der Waals surface area contributed by atoms with E-state index in [1.54, 1.807) is 0 Å². The molecule has 1 aromatic carbocycles. The Labute approximate surface area is 123 Å². The third-order valence-corrected chi connectivity index (χ3v) is 3.50. The van der Waals surface area contributed by atoms with E-state index in [1.165, 1.54) is 0 Å². The van der Waals surface area contributed by atoms with Crippen LogP contribution in [0.1, 0.15) is 31.7 Å². The summed E-state index contributed by atoms with van der Waals surface area (Å²) >= 11 is 3.40. The van der Waals surface area contributed by atoms with Gasteiger partial charge in [0.15, 0.2) is 0 Å². The fourth-order valence-electron chi connectivity index (χ4n) is 1.97. The number of unbranched alkanes of at least 4 members (excludes halogenated alkanes) is 1. The second-order valence-electron chi connectivity index (χ2n) is 4.50. The van der Waals surface area contributed by atoms with Crippen molar-refractivity contribution in [2.75, 3.05) is 13.2 Å². The van der Waals surface area contributed by atoms with Crippen LogP contribution in [0.5, 0.6) is 0 Å². The average molecular weight is 329 g/mol. The van der Waals surface area contributed by atoms with Gasteiger partial charge >= 0.3 is 5.97 Å². The van der Waals surface area contributed by atoms with Crippen molar-refractivity contribution in [2.24, 2.45) is 5.92 Å². The second-order valence-corrected chi connectivity index (χ2v) is 5.41. The number of carbonyl (C=O) groups is 1. The largest absolute Gasteiger partial charge is 0.466 e. The molecule has 0 saturated carbocycles. The minimum Gasteiger partial charge on any atom is -0.466 e. The van der Waals surface area contributed by atoms with Gasteiger partial charge in [0.2, 0.25) is 0 Å². The molecule has 19 heavy (non-hydrogen) atoms. The summed E-state index contributed by atoms with van der Waals surface area (Å²) in [6, 6.07) is 7.99. The van der Waals surface area contributed by atoms with Gasteiger partial charge in [-0.1, -0.05) is 34.5 Å². The van der Waals surface area contributed by atoms with E-state index in [4.69, 9.17) is 9.84 Å². The average Bonchev–Trinajstić information content (AvgIpc) is 2.40. The standard InChI is InChI=1S/C15H21BrO3/c1-2-19-15(18)13(5-3-4-10-17)11-12-6-8-14(16)9-7-12/h6-9,13,17H,2-5,10-11H2,1H3. The Balaban J connectivity index is 2.61. The maximum atomic E-state index is 11.9. The number of halogens is 1. The van der Waals surface area contributed by atoms with E-state index < -0.39 is 0 Å². The zero-order valence-electron chi connectivity index (χ0n) is 11.3. The highest BCUT2D eigenvalue weighted by molar-refractivity contribution is 9.10. The lowest BCUT2D eigenvalue weighted by Gasteiger charge is -2.15. The molecule has 0 heterocycles. The van der Waals surface area contributed by atoms with Gasteiger partial charge in [-0.15, -0.1) is 0 Å². The maximum absolute atomic E-state index is 11.9. The number of hydrogen-bond acceptors (Lipinski definition) is 3. The number of esters is 1. The van der Waals surface area contributed by atoms with Crippen LogP contribution in [-0.2, 0) is 16.0 Å². The van der Waals surface area contributed by atoms with E-state index in [2.05, 4.69) is 15.9 Å². The predicted molar refractivity (Wildman–Crippen MR) is 78.9 cm³/mol. The molecule has 3 nitrogen and oxygen atoms in total. The van der Waals surface area contributed by atoms with E-state index in [1.807, 2.05) is 31.2 Å². The van der Waals surface area contributed by atoms with Gasteiger partial charge in [-0.3, -0.25) is 4.79 Å². The molecule has 106 valence electrons. The molecule has 0 aliphatic carbocycles. The van der Waals surface area contributed by atoms with Crippen LogP contribution in [0.4, 0.5) is 0 Å². The van der Waals surface area contributed by atoms with Gasteiger partial charge < -0.3 is 9.84 Å². The van der Waals surface area contributed by atoms with Gasteiger partial charge in [0.25, 0.3) is 0 Å². The molecule has 0 amide bonds. The molecule has 0 saturated heterocycles. The third kappa shape index (κ3) is 6.21. The van der Waals surface area contributed by atoms with E-state index in [0.717, 1.165) is 29.3 Å². The van der Waals surface area contributed by atoms with Gasteiger partial charge in [0, 0.05) is 11.1 Å². The number of rotatable bonds is 8. The topological polar surface area (TPSA) is 46.5 Å². The highest BCUT2D eigenvalue weighted by atomic mass is 79.9. The molecule has 0 aromatic heterocycles. The van der Waals surface area contributed by atoms with Crippen LogP contribution in [-0.4, -0.2) is 24.3 Å². The Bertz CT molecular complexity index is 375. The number of carbonyl (C=O) groups excluding carboxylic acids is 1. The van der Waals surface area contributed by atoms with Gasteiger partial charge in [0.05, 0.1) is 12.5 Å². The molecule has 4 heteroatoms. The molecule has 1 N–H and O–H groups in total. The van der Waals surface area contributed by atoms with E-state index in [9.17, 15) is 4.79 Å². The van der Waals surface area contributed by atoms with Crippen LogP contribution in [0, 0.1) is 5.92 Å². The molecule has 0 radical (unpaired) electrons. The summed E-state index contributed by atoms with van der Waals surface area (Å²) in [5.74, 6) is -0.254. The quantitative estimate of drug-likeness (QED) is 0.588. The van der Waals surface area contributed by atoms with Crippen molar-refractivity contribution in [3.05, 3.63) is 34.3 Å². The summed E-state index contributed by atoms with van der Waals surface area (Å²) in [5, 5.41) is 8.82. The third-order valence-electron chi connectivity index (χ3n) is 2.98. The fraction of sp³-hybridized carbons (Fsp3) is 0.533. The second kappa shape index (κ2) is 9.10. The first kappa shape index (κ1) is 16.2. The van der Waals surface area contributed by atoms with E-state index in [-0.39, 0.29) is 18.5 Å². The Morgan fingerprint density at radius 1 is 1.32 bits per heavy atom. The lowest BCUT2D eigenvalue weighted by atomic mass is 9.94. The molecule has 1 atom stereocenters. The lowest BCUT2D eigenvalue weighted by Crippen LogP contribution is -2.20. The Kier molecular flexibility index (Phi) is 7.75. The van der Waals surface area contributed by atoms with Crippen molar-refractivity contribution in [1.82, 2.24) is 0 Å².